The molecular weight excluding hydrogens is 548 g/mol. The maximum absolute atomic E-state index is 12.9. The van der Waals surface area contributed by atoms with E-state index < -0.39 is 23.9 Å². The van der Waals surface area contributed by atoms with Crippen LogP contribution in [0, 0.1) is 0 Å². The second kappa shape index (κ2) is 13.9. The van der Waals surface area contributed by atoms with Crippen molar-refractivity contribution in [2.24, 2.45) is 0 Å². The van der Waals surface area contributed by atoms with E-state index in [0.717, 1.165) is 0 Å². The Labute approximate surface area is 250 Å². The molecule has 8 nitrogen and oxygen atoms in total. The number of allylic oxidation sites excluding steroid dienone is 1. The van der Waals surface area contributed by atoms with Gasteiger partial charge in [0.1, 0.15) is 23.0 Å². The molecule has 0 amide bonds. The van der Waals surface area contributed by atoms with E-state index in [1.807, 2.05) is 0 Å². The summed E-state index contributed by atoms with van der Waals surface area (Å²) in [5.74, 6) is -1.44. The third-order valence-electron chi connectivity index (χ3n) is 6.04. The zero-order valence-electron chi connectivity index (χ0n) is 24.7. The van der Waals surface area contributed by atoms with Crippen molar-refractivity contribution < 1.29 is 38.1 Å². The molecule has 0 aliphatic carbocycles. The van der Waals surface area contributed by atoms with Gasteiger partial charge in [0.25, 0.3) is 0 Å². The average molecular weight is 581 g/mol. The second-order valence-corrected chi connectivity index (χ2v) is 9.76. The summed E-state index contributed by atoms with van der Waals surface area (Å²) in [6, 6.07) is 16.2. The van der Waals surface area contributed by atoms with Gasteiger partial charge in [0.2, 0.25) is 0 Å². The predicted molar refractivity (Wildman–Crippen MR) is 164 cm³/mol. The summed E-state index contributed by atoms with van der Waals surface area (Å²) in [4.78, 5) is 49.4. The molecule has 0 N–H and O–H groups in total. The minimum absolute atomic E-state index is 0.162. The van der Waals surface area contributed by atoms with Crippen LogP contribution in [0.3, 0.4) is 0 Å². The molecule has 0 aliphatic rings. The molecule has 43 heavy (non-hydrogen) atoms. The Balaban J connectivity index is 2.18. The lowest BCUT2D eigenvalue weighted by Gasteiger charge is -2.17. The minimum atomic E-state index is -0.657. The molecule has 3 aromatic carbocycles. The fraction of sp³-hybridized carbons (Fsp3) is 0.143. The molecule has 3 aromatic rings. The highest BCUT2D eigenvalue weighted by atomic mass is 16.5. The van der Waals surface area contributed by atoms with Gasteiger partial charge in [0, 0.05) is 33.4 Å². The van der Waals surface area contributed by atoms with Crippen molar-refractivity contribution in [2.75, 3.05) is 0 Å². The van der Waals surface area contributed by atoms with Gasteiger partial charge in [0.05, 0.1) is 0 Å². The molecule has 0 saturated carbocycles. The summed E-state index contributed by atoms with van der Waals surface area (Å²) < 4.78 is 22.1. The third kappa shape index (κ3) is 8.27. The number of rotatable bonds is 10. The normalized spacial score (nSPS) is 10.8. The van der Waals surface area contributed by atoms with Crippen molar-refractivity contribution in [1.82, 2.24) is 0 Å². The fourth-order valence-electron chi connectivity index (χ4n) is 3.46. The Morgan fingerprint density at radius 3 is 1.19 bits per heavy atom. The quantitative estimate of drug-likeness (QED) is 0.139. The van der Waals surface area contributed by atoms with Crippen molar-refractivity contribution in [2.45, 2.75) is 34.6 Å². The lowest BCUT2D eigenvalue weighted by atomic mass is 9.97. The lowest BCUT2D eigenvalue weighted by molar-refractivity contribution is -0.131. The number of carbonyl (C=O) groups is 4. The average Bonchev–Trinajstić information content (AvgIpc) is 2.97. The molecular formula is C35H32O8. The van der Waals surface area contributed by atoms with Gasteiger partial charge in [-0.05, 0) is 82.1 Å². The predicted octanol–water partition coefficient (Wildman–Crippen LogP) is 7.34. The summed E-state index contributed by atoms with van der Waals surface area (Å²) >= 11 is 0. The first-order chi connectivity index (χ1) is 20.3. The number of ether oxygens (including phenoxy) is 4. The summed E-state index contributed by atoms with van der Waals surface area (Å²) in [5, 5.41) is 0. The molecule has 3 rings (SSSR count). The summed E-state index contributed by atoms with van der Waals surface area (Å²) in [6.45, 7) is 18.8. The maximum Gasteiger partial charge on any atom is 0.338 e. The van der Waals surface area contributed by atoms with Gasteiger partial charge in [-0.1, -0.05) is 50.1 Å². The van der Waals surface area contributed by atoms with Crippen molar-refractivity contribution in [3.63, 3.8) is 0 Å². The SMILES string of the molecule is C=C(C)C(=O)Oc1ccc(-c2cc(OC(=O)/C(C)=C\C)c(-c3ccc(OC(=O)C(=C)C)cc3)cc2OC(=O)C(=C)C)cc1. The van der Waals surface area contributed by atoms with E-state index in [-0.39, 0.29) is 39.7 Å². The molecule has 0 saturated heterocycles. The maximum atomic E-state index is 12.9. The molecule has 8 heteroatoms. The number of benzene rings is 3. The van der Waals surface area contributed by atoms with Gasteiger partial charge in [-0.25, -0.2) is 19.2 Å². The van der Waals surface area contributed by atoms with Gasteiger partial charge in [0.15, 0.2) is 0 Å². The van der Waals surface area contributed by atoms with E-state index >= 15 is 0 Å². The van der Waals surface area contributed by atoms with Crippen LogP contribution in [0.15, 0.2) is 109 Å². The van der Waals surface area contributed by atoms with Crippen LogP contribution in [0.25, 0.3) is 22.3 Å². The first-order valence-electron chi connectivity index (χ1n) is 13.2. The fourth-order valence-corrected chi connectivity index (χ4v) is 3.46. The van der Waals surface area contributed by atoms with Crippen LogP contribution < -0.4 is 18.9 Å². The van der Waals surface area contributed by atoms with Crippen molar-refractivity contribution in [3.8, 4) is 45.3 Å². The van der Waals surface area contributed by atoms with Crippen molar-refractivity contribution in [1.29, 1.82) is 0 Å². The monoisotopic (exact) mass is 580 g/mol. The van der Waals surface area contributed by atoms with Gasteiger partial charge in [-0.2, -0.15) is 0 Å². The van der Waals surface area contributed by atoms with Gasteiger partial charge < -0.3 is 18.9 Å². The number of carbonyl (C=O) groups excluding carboxylic acids is 4. The van der Waals surface area contributed by atoms with Crippen LogP contribution in [-0.2, 0) is 19.2 Å². The van der Waals surface area contributed by atoms with Crippen LogP contribution in [-0.4, -0.2) is 23.9 Å². The van der Waals surface area contributed by atoms with Gasteiger partial charge in [-0.15, -0.1) is 0 Å². The van der Waals surface area contributed by atoms with Crippen LogP contribution in [0.2, 0.25) is 0 Å². The van der Waals surface area contributed by atoms with E-state index in [4.69, 9.17) is 18.9 Å². The Bertz CT molecular complexity index is 1660. The number of hydrogen-bond donors (Lipinski definition) is 0. The largest absolute Gasteiger partial charge is 0.423 e. The molecule has 0 bridgehead atoms. The zero-order valence-corrected chi connectivity index (χ0v) is 24.7. The van der Waals surface area contributed by atoms with Crippen molar-refractivity contribution >= 4 is 23.9 Å². The van der Waals surface area contributed by atoms with E-state index in [9.17, 15) is 19.2 Å². The summed E-state index contributed by atoms with van der Waals surface area (Å²) in [6.07, 6.45) is 1.63. The highest BCUT2D eigenvalue weighted by molar-refractivity contribution is 5.94. The van der Waals surface area contributed by atoms with Crippen LogP contribution >= 0.6 is 0 Å². The summed E-state index contributed by atoms with van der Waals surface area (Å²) in [7, 11) is 0. The number of hydrogen-bond acceptors (Lipinski definition) is 8. The first kappa shape index (κ1) is 32.0. The Morgan fingerprint density at radius 2 is 0.860 bits per heavy atom. The topological polar surface area (TPSA) is 105 Å². The Hall–Kier alpha value is -5.50. The van der Waals surface area contributed by atoms with E-state index in [1.165, 1.54) is 6.92 Å². The molecule has 0 heterocycles. The highest BCUT2D eigenvalue weighted by Crippen LogP contribution is 2.42. The molecule has 0 fully saturated rings. The van der Waals surface area contributed by atoms with Gasteiger partial charge >= 0.3 is 23.9 Å². The van der Waals surface area contributed by atoms with Crippen LogP contribution in [0.4, 0.5) is 0 Å². The van der Waals surface area contributed by atoms with Crippen LogP contribution in [0.5, 0.6) is 23.0 Å². The molecule has 0 aromatic heterocycles. The second-order valence-electron chi connectivity index (χ2n) is 9.76. The lowest BCUT2D eigenvalue weighted by Crippen LogP contribution is -2.12. The molecule has 0 unspecified atom stereocenters. The standard InChI is InChI=1S/C35H32O8/c1-9-23(8)35(39)43-31-19-28(24-10-14-26(15-11-24)40-32(36)20(2)3)30(42-34(38)22(6)7)18-29(31)25-12-16-27(17-13-25)41-33(37)21(4)5/h9-19H,2,4,6H2,1,3,5,7-8H3/b23-9-. The smallest absolute Gasteiger partial charge is 0.338 e. The Kier molecular flexibility index (Phi) is 10.4. The molecule has 0 spiro atoms. The van der Waals surface area contributed by atoms with Gasteiger partial charge in [-0.3, -0.25) is 0 Å². The minimum Gasteiger partial charge on any atom is -0.423 e. The van der Waals surface area contributed by atoms with Crippen molar-refractivity contribution in [3.05, 3.63) is 109 Å². The molecule has 0 aliphatic heterocycles. The van der Waals surface area contributed by atoms with E-state index in [1.54, 1.807) is 94.4 Å². The van der Waals surface area contributed by atoms with E-state index in [2.05, 4.69) is 19.7 Å². The molecule has 0 atom stereocenters. The summed E-state index contributed by atoms with van der Waals surface area (Å²) in [5.41, 5.74) is 3.07. The molecule has 220 valence electrons. The number of esters is 4. The third-order valence-corrected chi connectivity index (χ3v) is 6.04. The van der Waals surface area contributed by atoms with E-state index in [0.29, 0.717) is 27.8 Å². The molecule has 0 radical (unpaired) electrons. The highest BCUT2D eigenvalue weighted by Gasteiger charge is 2.21. The first-order valence-corrected chi connectivity index (χ1v) is 13.2. The Morgan fingerprint density at radius 1 is 0.535 bits per heavy atom. The zero-order chi connectivity index (χ0) is 31.8. The van der Waals surface area contributed by atoms with Crippen LogP contribution in [0.1, 0.15) is 34.6 Å².